The SMILES string of the molecule is OC1CCCCC1c1ccccc1OCc1c2ccccc2cc2ccccc12. The summed E-state index contributed by atoms with van der Waals surface area (Å²) in [6.07, 6.45) is 3.92. The van der Waals surface area contributed by atoms with E-state index in [1.165, 1.54) is 33.5 Å². The van der Waals surface area contributed by atoms with E-state index in [0.29, 0.717) is 6.61 Å². The van der Waals surface area contributed by atoms with Gasteiger partial charge < -0.3 is 9.84 Å². The Kier molecular flexibility index (Phi) is 4.95. The van der Waals surface area contributed by atoms with Crippen LogP contribution < -0.4 is 4.74 Å². The fourth-order valence-corrected chi connectivity index (χ4v) is 4.81. The number of hydrogen-bond donors (Lipinski definition) is 1. The molecule has 1 N–H and O–H groups in total. The zero-order valence-corrected chi connectivity index (χ0v) is 16.6. The average Bonchev–Trinajstić information content (AvgIpc) is 2.77. The number of fused-ring (bicyclic) bond motifs is 2. The van der Waals surface area contributed by atoms with Crippen LogP contribution in [0.2, 0.25) is 0 Å². The Morgan fingerprint density at radius 3 is 2.10 bits per heavy atom. The summed E-state index contributed by atoms with van der Waals surface area (Å²) in [6.45, 7) is 0.516. The molecule has 4 aromatic carbocycles. The molecule has 0 aliphatic heterocycles. The topological polar surface area (TPSA) is 29.5 Å². The Hall–Kier alpha value is -2.84. The molecule has 146 valence electrons. The maximum atomic E-state index is 10.6. The molecular formula is C27H26O2. The normalized spacial score (nSPS) is 19.5. The molecule has 1 fully saturated rings. The van der Waals surface area contributed by atoms with Crippen LogP contribution in [-0.2, 0) is 6.61 Å². The lowest BCUT2D eigenvalue weighted by Gasteiger charge is -2.29. The van der Waals surface area contributed by atoms with E-state index < -0.39 is 0 Å². The monoisotopic (exact) mass is 382 g/mol. The lowest BCUT2D eigenvalue weighted by molar-refractivity contribution is 0.104. The maximum Gasteiger partial charge on any atom is 0.123 e. The minimum atomic E-state index is -0.271. The molecule has 2 nitrogen and oxygen atoms in total. The number of para-hydroxylation sites is 1. The summed E-state index contributed by atoms with van der Waals surface area (Å²) in [5.41, 5.74) is 2.36. The summed E-state index contributed by atoms with van der Waals surface area (Å²) in [4.78, 5) is 0. The van der Waals surface area contributed by atoms with Crippen LogP contribution >= 0.6 is 0 Å². The second-order valence-corrected chi connectivity index (χ2v) is 8.08. The number of aliphatic hydroxyl groups excluding tert-OH is 1. The highest BCUT2D eigenvalue weighted by molar-refractivity contribution is 6.02. The van der Waals surface area contributed by atoms with Crippen LogP contribution in [0.25, 0.3) is 21.5 Å². The molecule has 0 bridgehead atoms. The van der Waals surface area contributed by atoms with Crippen LogP contribution in [-0.4, -0.2) is 11.2 Å². The van der Waals surface area contributed by atoms with Crippen LogP contribution in [0.5, 0.6) is 5.75 Å². The summed E-state index contributed by atoms with van der Waals surface area (Å²) in [5.74, 6) is 1.07. The van der Waals surface area contributed by atoms with Gasteiger partial charge >= 0.3 is 0 Å². The van der Waals surface area contributed by atoms with Gasteiger partial charge in [0.25, 0.3) is 0 Å². The fourth-order valence-electron chi connectivity index (χ4n) is 4.81. The third-order valence-electron chi connectivity index (χ3n) is 6.30. The molecule has 2 heteroatoms. The van der Waals surface area contributed by atoms with Crippen molar-refractivity contribution in [2.24, 2.45) is 0 Å². The number of rotatable bonds is 4. The second kappa shape index (κ2) is 7.88. The van der Waals surface area contributed by atoms with Crippen LogP contribution in [0, 0.1) is 0 Å². The van der Waals surface area contributed by atoms with Gasteiger partial charge in [-0.05, 0) is 52.1 Å². The predicted octanol–water partition coefficient (Wildman–Crippen LogP) is 6.59. The van der Waals surface area contributed by atoms with Gasteiger partial charge in [0, 0.05) is 11.5 Å². The van der Waals surface area contributed by atoms with E-state index >= 15 is 0 Å². The Morgan fingerprint density at radius 2 is 1.38 bits per heavy atom. The lowest BCUT2D eigenvalue weighted by atomic mass is 9.81. The van der Waals surface area contributed by atoms with E-state index in [2.05, 4.69) is 66.7 Å². The predicted molar refractivity (Wildman–Crippen MR) is 119 cm³/mol. The quantitative estimate of drug-likeness (QED) is 0.403. The van der Waals surface area contributed by atoms with Crippen molar-refractivity contribution >= 4 is 21.5 Å². The average molecular weight is 383 g/mol. The summed E-state index contributed by atoms with van der Waals surface area (Å²) < 4.78 is 6.43. The van der Waals surface area contributed by atoms with E-state index in [0.717, 1.165) is 30.6 Å². The molecule has 0 saturated heterocycles. The van der Waals surface area contributed by atoms with Gasteiger partial charge in [-0.15, -0.1) is 0 Å². The Morgan fingerprint density at radius 1 is 0.759 bits per heavy atom. The van der Waals surface area contributed by atoms with Gasteiger partial charge in [-0.3, -0.25) is 0 Å². The molecule has 2 atom stereocenters. The number of ether oxygens (including phenoxy) is 1. The van der Waals surface area contributed by atoms with Crippen molar-refractivity contribution in [2.75, 3.05) is 0 Å². The maximum absolute atomic E-state index is 10.6. The van der Waals surface area contributed by atoms with Gasteiger partial charge in [0.15, 0.2) is 0 Å². The third-order valence-corrected chi connectivity index (χ3v) is 6.30. The smallest absolute Gasteiger partial charge is 0.123 e. The molecule has 0 heterocycles. The van der Waals surface area contributed by atoms with Crippen LogP contribution in [0.3, 0.4) is 0 Å². The first-order valence-corrected chi connectivity index (χ1v) is 10.6. The molecule has 0 amide bonds. The molecule has 1 aliphatic rings. The molecule has 0 radical (unpaired) electrons. The van der Waals surface area contributed by atoms with Crippen LogP contribution in [0.1, 0.15) is 42.7 Å². The molecular weight excluding hydrogens is 356 g/mol. The highest BCUT2D eigenvalue weighted by Gasteiger charge is 2.27. The molecule has 5 rings (SSSR count). The van der Waals surface area contributed by atoms with Crippen molar-refractivity contribution in [3.8, 4) is 5.75 Å². The number of aliphatic hydroxyl groups is 1. The Labute approximate surface area is 171 Å². The van der Waals surface area contributed by atoms with Crippen molar-refractivity contribution in [1.82, 2.24) is 0 Å². The molecule has 2 unspecified atom stereocenters. The van der Waals surface area contributed by atoms with Gasteiger partial charge in [-0.2, -0.15) is 0 Å². The molecule has 0 aromatic heterocycles. The van der Waals surface area contributed by atoms with E-state index in [1.54, 1.807) is 0 Å². The van der Waals surface area contributed by atoms with E-state index in [1.807, 2.05) is 12.1 Å². The Bertz CT molecular complexity index is 1090. The standard InChI is InChI=1S/C27H26O2/c28-26-15-7-5-13-23(26)24-14-6-8-16-27(24)29-18-25-21-11-3-1-9-19(21)17-20-10-2-4-12-22(20)25/h1-4,6,8-12,14,16-17,23,26,28H,5,7,13,15,18H2. The van der Waals surface area contributed by atoms with Crippen molar-refractivity contribution in [3.63, 3.8) is 0 Å². The fraction of sp³-hybridized carbons (Fsp3) is 0.259. The largest absolute Gasteiger partial charge is 0.489 e. The summed E-state index contributed by atoms with van der Waals surface area (Å²) in [5, 5.41) is 15.5. The van der Waals surface area contributed by atoms with E-state index in [4.69, 9.17) is 4.74 Å². The molecule has 0 spiro atoms. The van der Waals surface area contributed by atoms with Crippen molar-refractivity contribution in [3.05, 3.63) is 90.0 Å². The molecule has 4 aromatic rings. The van der Waals surface area contributed by atoms with E-state index in [9.17, 15) is 5.11 Å². The van der Waals surface area contributed by atoms with Gasteiger partial charge in [0.05, 0.1) is 6.10 Å². The summed E-state index contributed by atoms with van der Waals surface area (Å²) in [7, 11) is 0. The highest BCUT2D eigenvalue weighted by Crippen LogP contribution is 2.38. The first-order valence-electron chi connectivity index (χ1n) is 10.6. The molecule has 29 heavy (non-hydrogen) atoms. The highest BCUT2D eigenvalue weighted by atomic mass is 16.5. The summed E-state index contributed by atoms with van der Waals surface area (Å²) in [6, 6.07) is 27.5. The zero-order valence-electron chi connectivity index (χ0n) is 16.6. The van der Waals surface area contributed by atoms with Gasteiger partial charge in [0.2, 0.25) is 0 Å². The van der Waals surface area contributed by atoms with Crippen LogP contribution in [0.4, 0.5) is 0 Å². The molecule has 1 saturated carbocycles. The first kappa shape index (κ1) is 18.2. The van der Waals surface area contributed by atoms with Crippen molar-refractivity contribution < 1.29 is 9.84 Å². The second-order valence-electron chi connectivity index (χ2n) is 8.08. The summed E-state index contributed by atoms with van der Waals surface area (Å²) >= 11 is 0. The third kappa shape index (κ3) is 3.49. The minimum absolute atomic E-state index is 0.171. The van der Waals surface area contributed by atoms with Gasteiger partial charge in [0.1, 0.15) is 12.4 Å². The van der Waals surface area contributed by atoms with Crippen molar-refractivity contribution in [2.45, 2.75) is 44.3 Å². The lowest BCUT2D eigenvalue weighted by Crippen LogP contribution is -2.23. The first-order chi connectivity index (χ1) is 14.3. The van der Waals surface area contributed by atoms with Crippen LogP contribution in [0.15, 0.2) is 78.9 Å². The van der Waals surface area contributed by atoms with Gasteiger partial charge in [-0.1, -0.05) is 79.6 Å². The zero-order chi connectivity index (χ0) is 19.6. The van der Waals surface area contributed by atoms with Gasteiger partial charge in [-0.25, -0.2) is 0 Å². The Balaban J connectivity index is 1.53. The number of benzene rings is 4. The van der Waals surface area contributed by atoms with Crippen molar-refractivity contribution in [1.29, 1.82) is 0 Å². The number of hydrogen-bond acceptors (Lipinski definition) is 2. The minimum Gasteiger partial charge on any atom is -0.489 e. The van der Waals surface area contributed by atoms with E-state index in [-0.39, 0.29) is 12.0 Å². The molecule has 1 aliphatic carbocycles.